The van der Waals surface area contributed by atoms with Gasteiger partial charge >= 0.3 is 0 Å². The first-order valence-corrected chi connectivity index (χ1v) is 9.85. The first-order chi connectivity index (χ1) is 12.5. The first-order valence-electron chi connectivity index (χ1n) is 8.05. The lowest BCUT2D eigenvalue weighted by Crippen LogP contribution is -1.96. The molecule has 0 saturated heterocycles. The Balaban J connectivity index is 2.61. The summed E-state index contributed by atoms with van der Waals surface area (Å²) in [5.41, 5.74) is 7.87. The van der Waals surface area contributed by atoms with Gasteiger partial charge in [-0.2, -0.15) is 5.26 Å². The average Bonchev–Trinajstić information content (AvgIpc) is 2.66. The van der Waals surface area contributed by atoms with E-state index in [9.17, 15) is 0 Å². The molecular formula is C22H24N2S2. The zero-order chi connectivity index (χ0) is 19.4. The van der Waals surface area contributed by atoms with Crippen LogP contribution in [0.1, 0.15) is 13.8 Å². The Labute approximate surface area is 165 Å². The summed E-state index contributed by atoms with van der Waals surface area (Å²) in [6.45, 7) is 11.7. The molecule has 0 aliphatic heterocycles. The van der Waals surface area contributed by atoms with E-state index < -0.39 is 0 Å². The molecule has 0 aliphatic carbocycles. The summed E-state index contributed by atoms with van der Waals surface area (Å²) in [5.74, 6) is 0.771. The highest BCUT2D eigenvalue weighted by atomic mass is 32.2. The second kappa shape index (κ2) is 12.1. The van der Waals surface area contributed by atoms with E-state index >= 15 is 0 Å². The van der Waals surface area contributed by atoms with Crippen molar-refractivity contribution < 1.29 is 0 Å². The van der Waals surface area contributed by atoms with Crippen LogP contribution in [0.15, 0.2) is 105 Å². The summed E-state index contributed by atoms with van der Waals surface area (Å²) in [7, 11) is 0. The maximum absolute atomic E-state index is 8.80. The molecule has 0 aromatic heterocycles. The fourth-order valence-corrected chi connectivity index (χ4v) is 3.24. The van der Waals surface area contributed by atoms with E-state index in [1.165, 1.54) is 9.80 Å². The van der Waals surface area contributed by atoms with E-state index in [2.05, 4.69) is 44.4 Å². The van der Waals surface area contributed by atoms with E-state index in [-0.39, 0.29) is 0 Å². The van der Waals surface area contributed by atoms with Gasteiger partial charge in [-0.1, -0.05) is 61.3 Å². The largest absolute Gasteiger partial charge is 0.398 e. The second-order valence-electron chi connectivity index (χ2n) is 5.42. The Morgan fingerprint density at radius 1 is 1.19 bits per heavy atom. The van der Waals surface area contributed by atoms with Gasteiger partial charge in [0.15, 0.2) is 0 Å². The predicted octanol–water partition coefficient (Wildman–Crippen LogP) is 6.35. The number of benzene rings is 1. The molecule has 134 valence electrons. The van der Waals surface area contributed by atoms with Gasteiger partial charge in [0.05, 0.1) is 6.07 Å². The van der Waals surface area contributed by atoms with Crippen LogP contribution in [0.25, 0.3) is 0 Å². The molecular weight excluding hydrogens is 356 g/mol. The summed E-state index contributed by atoms with van der Waals surface area (Å²) in [6, 6.07) is 12.3. The van der Waals surface area contributed by atoms with E-state index in [0.717, 1.165) is 16.2 Å². The molecule has 0 fully saturated rings. The lowest BCUT2D eigenvalue weighted by molar-refractivity contribution is 1.31. The van der Waals surface area contributed by atoms with Crippen molar-refractivity contribution in [3.63, 3.8) is 0 Å². The quantitative estimate of drug-likeness (QED) is 0.308. The Hall–Kier alpha value is -2.35. The molecule has 26 heavy (non-hydrogen) atoms. The Bertz CT molecular complexity index is 791. The normalized spacial score (nSPS) is 13.3. The monoisotopic (exact) mass is 380 g/mol. The Kier molecular flexibility index (Phi) is 10.1. The molecule has 1 rings (SSSR count). The molecule has 1 aromatic rings. The van der Waals surface area contributed by atoms with Gasteiger partial charge < -0.3 is 5.73 Å². The van der Waals surface area contributed by atoms with E-state index in [4.69, 9.17) is 11.0 Å². The number of rotatable bonds is 9. The molecule has 0 radical (unpaired) electrons. The maximum Gasteiger partial charge on any atom is 0.0965 e. The van der Waals surface area contributed by atoms with Crippen LogP contribution in [0.2, 0.25) is 0 Å². The minimum absolute atomic E-state index is 0.463. The topological polar surface area (TPSA) is 49.8 Å². The Morgan fingerprint density at radius 3 is 2.50 bits per heavy atom. The zero-order valence-electron chi connectivity index (χ0n) is 15.2. The van der Waals surface area contributed by atoms with Crippen molar-refractivity contribution in [3.8, 4) is 6.07 Å². The number of nitrogens with zero attached hydrogens (tertiary/aromatic N) is 1. The van der Waals surface area contributed by atoms with Gasteiger partial charge in [-0.25, -0.2) is 0 Å². The lowest BCUT2D eigenvalue weighted by atomic mass is 10.2. The molecule has 2 N–H and O–H groups in total. The number of hydrogen-bond acceptors (Lipinski definition) is 4. The molecule has 0 heterocycles. The highest BCUT2D eigenvalue weighted by molar-refractivity contribution is 8.03. The molecule has 1 aromatic carbocycles. The van der Waals surface area contributed by atoms with Crippen LogP contribution in [0.3, 0.4) is 0 Å². The number of nitrogens with two attached hydrogens (primary N) is 1. The molecule has 0 aliphatic rings. The second-order valence-corrected chi connectivity index (χ2v) is 7.84. The van der Waals surface area contributed by atoms with E-state index in [1.807, 2.05) is 36.4 Å². The zero-order valence-corrected chi connectivity index (χ0v) is 16.9. The molecule has 0 saturated carbocycles. The van der Waals surface area contributed by atoms with Crippen molar-refractivity contribution in [1.82, 2.24) is 0 Å². The third kappa shape index (κ3) is 8.66. The van der Waals surface area contributed by atoms with Crippen molar-refractivity contribution in [2.45, 2.75) is 18.7 Å². The molecule has 2 nitrogen and oxygen atoms in total. The standard InChI is InChI=1S/C22H24N2S2/c1-5-20(13-11-19(4)26-21-9-7-6-8-10-21)16-25-18(3)12-14-22(24)17(2)15-23/h5-14H,1,3,16,24H2,2,4H3/b14-12-,19-11+,20-13+,22-17-. The van der Waals surface area contributed by atoms with Crippen LogP contribution in [-0.2, 0) is 0 Å². The average molecular weight is 381 g/mol. The van der Waals surface area contributed by atoms with Gasteiger partial charge in [0.1, 0.15) is 0 Å². The molecule has 0 amide bonds. The van der Waals surface area contributed by atoms with Crippen LogP contribution in [-0.4, -0.2) is 5.75 Å². The number of thioether (sulfide) groups is 2. The van der Waals surface area contributed by atoms with Gasteiger partial charge in [-0.3, -0.25) is 0 Å². The van der Waals surface area contributed by atoms with Crippen LogP contribution < -0.4 is 5.73 Å². The van der Waals surface area contributed by atoms with Crippen LogP contribution >= 0.6 is 23.5 Å². The Morgan fingerprint density at radius 2 is 1.88 bits per heavy atom. The summed E-state index contributed by atoms with van der Waals surface area (Å²) < 4.78 is 0. The SMILES string of the molecule is C=C/C(=C\C=C(/C)Sc1ccccc1)CSC(=C)/C=C\C(N)=C(/C)C#N. The maximum atomic E-state index is 8.80. The van der Waals surface area contributed by atoms with Crippen molar-refractivity contribution in [2.24, 2.45) is 5.73 Å². The van der Waals surface area contributed by atoms with Gasteiger partial charge in [-0.15, -0.1) is 11.8 Å². The van der Waals surface area contributed by atoms with Crippen molar-refractivity contribution in [2.75, 3.05) is 5.75 Å². The van der Waals surface area contributed by atoms with Crippen molar-refractivity contribution in [1.29, 1.82) is 5.26 Å². The van der Waals surface area contributed by atoms with Crippen LogP contribution in [0, 0.1) is 11.3 Å². The van der Waals surface area contributed by atoms with Crippen LogP contribution in [0.5, 0.6) is 0 Å². The number of nitriles is 1. The first kappa shape index (κ1) is 21.7. The lowest BCUT2D eigenvalue weighted by Gasteiger charge is -2.03. The minimum atomic E-state index is 0.463. The summed E-state index contributed by atoms with van der Waals surface area (Å²) in [6.07, 6.45) is 9.58. The predicted molar refractivity (Wildman–Crippen MR) is 118 cm³/mol. The fourth-order valence-electron chi connectivity index (χ4n) is 1.70. The van der Waals surface area contributed by atoms with Gasteiger partial charge in [0.2, 0.25) is 0 Å². The highest BCUT2D eigenvalue weighted by Crippen LogP contribution is 2.26. The van der Waals surface area contributed by atoms with Crippen molar-refractivity contribution in [3.05, 3.63) is 101 Å². The molecule has 4 heteroatoms. The number of allylic oxidation sites excluding steroid dienone is 7. The summed E-state index contributed by atoms with van der Waals surface area (Å²) >= 11 is 3.35. The minimum Gasteiger partial charge on any atom is -0.398 e. The van der Waals surface area contributed by atoms with Gasteiger partial charge in [0.25, 0.3) is 0 Å². The summed E-state index contributed by atoms with van der Waals surface area (Å²) in [5, 5.41) is 8.80. The molecule has 0 atom stereocenters. The fraction of sp³-hybridized carbons (Fsp3) is 0.136. The highest BCUT2D eigenvalue weighted by Gasteiger charge is 1.97. The third-order valence-corrected chi connectivity index (χ3v) is 5.24. The number of hydrogen-bond donors (Lipinski definition) is 1. The molecule has 0 spiro atoms. The summed E-state index contributed by atoms with van der Waals surface area (Å²) in [4.78, 5) is 3.32. The molecule has 0 bridgehead atoms. The smallest absolute Gasteiger partial charge is 0.0965 e. The third-order valence-electron chi connectivity index (χ3n) is 3.29. The van der Waals surface area contributed by atoms with Gasteiger partial charge in [0, 0.05) is 26.8 Å². The van der Waals surface area contributed by atoms with E-state index in [0.29, 0.717) is 11.3 Å². The van der Waals surface area contributed by atoms with Gasteiger partial charge in [-0.05, 0) is 48.6 Å². The molecule has 0 unspecified atom stereocenters. The van der Waals surface area contributed by atoms with Crippen LogP contribution in [0.4, 0.5) is 0 Å². The van der Waals surface area contributed by atoms with E-state index in [1.54, 1.807) is 36.5 Å². The van der Waals surface area contributed by atoms with Crippen molar-refractivity contribution >= 4 is 23.5 Å².